The Morgan fingerprint density at radius 1 is 0.771 bits per heavy atom. The fourth-order valence-electron chi connectivity index (χ4n) is 3.68. The van der Waals surface area contributed by atoms with Crippen molar-refractivity contribution >= 4 is 16.9 Å². The second kappa shape index (κ2) is 18.2. The molecule has 0 aliphatic heterocycles. The zero-order valence-corrected chi connectivity index (χ0v) is 25.7. The third kappa shape index (κ3) is 11.4. The zero-order valence-electron chi connectivity index (χ0n) is 25.7. The van der Waals surface area contributed by atoms with E-state index in [4.69, 9.17) is 0 Å². The lowest BCUT2D eigenvalue weighted by atomic mass is 9.78. The molecule has 2 aromatic carbocycles. The molecule has 0 amide bonds. The van der Waals surface area contributed by atoms with Gasteiger partial charge in [-0.1, -0.05) is 115 Å². The van der Waals surface area contributed by atoms with Crippen LogP contribution in [0, 0.1) is 20.8 Å². The molecule has 1 heteroatoms. The van der Waals surface area contributed by atoms with Crippen molar-refractivity contribution in [2.24, 2.45) is 0 Å². The molecular weight excluding hydrogens is 424 g/mol. The molecule has 0 radical (unpaired) electrons. The van der Waals surface area contributed by atoms with Crippen LogP contribution >= 0.6 is 0 Å². The molecule has 2 aromatic rings. The Morgan fingerprint density at radius 2 is 1.23 bits per heavy atom. The number of benzene rings is 2. The van der Waals surface area contributed by atoms with Crippen LogP contribution in [-0.4, -0.2) is 5.78 Å². The van der Waals surface area contributed by atoms with Gasteiger partial charge in [0.05, 0.1) is 0 Å². The molecule has 0 N–H and O–H groups in total. The normalized spacial score (nSPS) is 11.0. The van der Waals surface area contributed by atoms with Gasteiger partial charge in [0.1, 0.15) is 5.78 Å². The quantitative estimate of drug-likeness (QED) is 0.376. The highest BCUT2D eigenvalue weighted by Gasteiger charge is 2.27. The van der Waals surface area contributed by atoms with Crippen molar-refractivity contribution in [3.8, 4) is 0 Å². The Kier molecular flexibility index (Phi) is 18.2. The number of ketones is 1. The van der Waals surface area contributed by atoms with Crippen molar-refractivity contribution in [2.75, 3.05) is 0 Å². The van der Waals surface area contributed by atoms with Crippen LogP contribution < -0.4 is 0 Å². The minimum absolute atomic E-state index is 0.198. The van der Waals surface area contributed by atoms with Gasteiger partial charge in [-0.3, -0.25) is 4.79 Å². The van der Waals surface area contributed by atoms with Gasteiger partial charge in [-0.2, -0.15) is 0 Å². The number of Topliss-reactive ketones (excluding diaryl/α,β-unsaturated/α-hetero) is 1. The molecule has 0 saturated carbocycles. The Labute approximate surface area is 219 Å². The minimum Gasteiger partial charge on any atom is -0.299 e. The van der Waals surface area contributed by atoms with Crippen molar-refractivity contribution in [1.82, 2.24) is 0 Å². The van der Waals surface area contributed by atoms with Crippen LogP contribution in [0.5, 0.6) is 0 Å². The van der Waals surface area contributed by atoms with Gasteiger partial charge in [0.15, 0.2) is 0 Å². The van der Waals surface area contributed by atoms with E-state index in [0.29, 0.717) is 0 Å². The lowest BCUT2D eigenvalue weighted by molar-refractivity contribution is -0.121. The van der Waals surface area contributed by atoms with Crippen molar-refractivity contribution in [1.29, 1.82) is 0 Å². The van der Waals surface area contributed by atoms with Gasteiger partial charge in [-0.05, 0) is 88.3 Å². The lowest BCUT2D eigenvalue weighted by Gasteiger charge is -2.24. The summed E-state index contributed by atoms with van der Waals surface area (Å²) in [5, 5.41) is 0. The van der Waals surface area contributed by atoms with Gasteiger partial charge in [0.2, 0.25) is 0 Å². The second-order valence-corrected chi connectivity index (χ2v) is 9.86. The number of rotatable bonds is 6. The summed E-state index contributed by atoms with van der Waals surface area (Å²) < 4.78 is 0. The third-order valence-electron chi connectivity index (χ3n) is 5.77. The number of hydrogen-bond acceptors (Lipinski definition) is 1. The molecular formula is C34H56O. The lowest BCUT2D eigenvalue weighted by Crippen LogP contribution is -2.26. The topological polar surface area (TPSA) is 17.1 Å². The highest BCUT2D eigenvalue weighted by molar-refractivity contribution is 5.92. The smallest absolute Gasteiger partial charge is 0.139 e. The number of carbonyl (C=O) groups is 1. The number of aryl methyl sites for hydroxylation is 3. The predicted octanol–water partition coefficient (Wildman–Crippen LogP) is 11.1. The second-order valence-electron chi connectivity index (χ2n) is 9.86. The summed E-state index contributed by atoms with van der Waals surface area (Å²) in [7, 11) is 0. The van der Waals surface area contributed by atoms with Gasteiger partial charge < -0.3 is 0 Å². The largest absolute Gasteiger partial charge is 0.299 e. The van der Waals surface area contributed by atoms with Crippen molar-refractivity contribution in [3.05, 3.63) is 69.8 Å². The standard InChI is InChI=1S/C26H34O.2C3H8.C2H6/c1-9-10-24(20(5)22-14-17(2)13-18(3)15-22)25-16-23(12-11-19(25)4)26(7,8)21(6)27;2*1-3-2;1-2/h11-16H,9-10H2,1-8H3;2*3H2,1-2H3;1-2H3/b24-20+;;;. The van der Waals surface area contributed by atoms with E-state index in [2.05, 4.69) is 98.7 Å². The highest BCUT2D eigenvalue weighted by Crippen LogP contribution is 2.35. The molecule has 0 aromatic heterocycles. The molecule has 0 heterocycles. The third-order valence-corrected chi connectivity index (χ3v) is 5.77. The monoisotopic (exact) mass is 480 g/mol. The Morgan fingerprint density at radius 3 is 1.63 bits per heavy atom. The molecule has 0 unspecified atom stereocenters. The Hall–Kier alpha value is -2.15. The molecule has 0 spiro atoms. The van der Waals surface area contributed by atoms with E-state index in [1.807, 2.05) is 27.7 Å². The zero-order chi connectivity index (χ0) is 27.8. The van der Waals surface area contributed by atoms with Gasteiger partial charge in [-0.15, -0.1) is 0 Å². The fourth-order valence-corrected chi connectivity index (χ4v) is 3.68. The molecule has 0 aliphatic carbocycles. The van der Waals surface area contributed by atoms with Gasteiger partial charge in [0.25, 0.3) is 0 Å². The van der Waals surface area contributed by atoms with Crippen LogP contribution in [0.2, 0.25) is 0 Å². The Bertz CT molecular complexity index is 890. The molecule has 2 rings (SSSR count). The van der Waals surface area contributed by atoms with Crippen LogP contribution in [0.15, 0.2) is 36.4 Å². The van der Waals surface area contributed by atoms with E-state index in [-0.39, 0.29) is 5.78 Å². The van der Waals surface area contributed by atoms with E-state index in [0.717, 1.165) is 18.4 Å². The summed E-state index contributed by atoms with van der Waals surface area (Å²) in [5.41, 5.74) is 9.79. The summed E-state index contributed by atoms with van der Waals surface area (Å²) in [5.74, 6) is 0.198. The first-order valence-electron chi connectivity index (χ1n) is 13.8. The van der Waals surface area contributed by atoms with E-state index in [1.54, 1.807) is 6.92 Å². The summed E-state index contributed by atoms with van der Waals surface area (Å²) in [6.07, 6.45) is 4.63. The highest BCUT2D eigenvalue weighted by atomic mass is 16.1. The van der Waals surface area contributed by atoms with Gasteiger partial charge in [0, 0.05) is 5.41 Å². The molecule has 0 saturated heterocycles. The maximum absolute atomic E-state index is 12.2. The van der Waals surface area contributed by atoms with Crippen molar-refractivity contribution < 1.29 is 4.79 Å². The molecule has 198 valence electrons. The molecule has 0 aliphatic rings. The van der Waals surface area contributed by atoms with Gasteiger partial charge >= 0.3 is 0 Å². The summed E-state index contributed by atoms with van der Waals surface area (Å²) in [6.45, 7) is 29.2. The van der Waals surface area contributed by atoms with Crippen LogP contribution in [-0.2, 0) is 10.2 Å². The van der Waals surface area contributed by atoms with Crippen molar-refractivity contribution in [2.45, 2.75) is 128 Å². The summed E-state index contributed by atoms with van der Waals surface area (Å²) in [4.78, 5) is 12.2. The average molecular weight is 481 g/mol. The average Bonchev–Trinajstić information content (AvgIpc) is 2.79. The molecule has 0 fully saturated rings. The van der Waals surface area contributed by atoms with E-state index in [9.17, 15) is 4.79 Å². The van der Waals surface area contributed by atoms with E-state index in [1.165, 1.54) is 51.8 Å². The summed E-state index contributed by atoms with van der Waals surface area (Å²) in [6, 6.07) is 13.3. The maximum Gasteiger partial charge on any atom is 0.139 e. The Balaban J connectivity index is 0. The number of carbonyl (C=O) groups excluding carboxylic acids is 1. The first-order valence-corrected chi connectivity index (χ1v) is 13.8. The van der Waals surface area contributed by atoms with E-state index >= 15 is 0 Å². The van der Waals surface area contributed by atoms with E-state index < -0.39 is 5.41 Å². The number of allylic oxidation sites excluding steroid dienone is 2. The van der Waals surface area contributed by atoms with Crippen LogP contribution in [0.4, 0.5) is 0 Å². The maximum atomic E-state index is 12.2. The molecule has 1 nitrogen and oxygen atoms in total. The molecule has 0 bridgehead atoms. The van der Waals surface area contributed by atoms with Crippen LogP contribution in [0.25, 0.3) is 11.1 Å². The summed E-state index contributed by atoms with van der Waals surface area (Å²) >= 11 is 0. The fraction of sp³-hybridized carbons (Fsp3) is 0.559. The number of hydrogen-bond donors (Lipinski definition) is 0. The SMILES string of the molecule is CC.CCC.CCC.CCC/C(=C(/C)c1cc(C)cc(C)c1)c1cc(C(C)(C)C(C)=O)ccc1C. The van der Waals surface area contributed by atoms with Crippen molar-refractivity contribution in [3.63, 3.8) is 0 Å². The van der Waals surface area contributed by atoms with Gasteiger partial charge in [-0.25, -0.2) is 0 Å². The molecule has 35 heavy (non-hydrogen) atoms. The first kappa shape index (κ1) is 35.0. The minimum atomic E-state index is -0.465. The van der Waals surface area contributed by atoms with Crippen LogP contribution in [0.1, 0.15) is 135 Å². The molecule has 0 atom stereocenters. The predicted molar refractivity (Wildman–Crippen MR) is 161 cm³/mol. The first-order chi connectivity index (χ1) is 16.4. The van der Waals surface area contributed by atoms with Crippen LogP contribution in [0.3, 0.4) is 0 Å².